The standard InChI is InChI=1S/C17H20ClNO/c18-15-7-2-1-4-13(15)17(20)19-16-9-10-8-14(16)12-6-3-5-11(10)12/h1-2,4,7,10-12,14,16H,3,5-6,8-9H2,(H,19,20). The summed E-state index contributed by atoms with van der Waals surface area (Å²) in [6.07, 6.45) is 6.72. The van der Waals surface area contributed by atoms with Crippen LogP contribution in [0.2, 0.25) is 5.02 Å². The summed E-state index contributed by atoms with van der Waals surface area (Å²) in [5, 5.41) is 3.80. The van der Waals surface area contributed by atoms with Crippen molar-refractivity contribution >= 4 is 17.5 Å². The van der Waals surface area contributed by atoms with Crippen LogP contribution in [-0.4, -0.2) is 11.9 Å². The average molecular weight is 290 g/mol. The number of fused-ring (bicyclic) bond motifs is 5. The molecule has 0 saturated heterocycles. The Morgan fingerprint density at radius 2 is 1.90 bits per heavy atom. The van der Waals surface area contributed by atoms with Crippen molar-refractivity contribution in [1.29, 1.82) is 0 Å². The van der Waals surface area contributed by atoms with E-state index in [-0.39, 0.29) is 5.91 Å². The van der Waals surface area contributed by atoms with Crippen LogP contribution >= 0.6 is 11.6 Å². The van der Waals surface area contributed by atoms with Crippen molar-refractivity contribution in [1.82, 2.24) is 5.32 Å². The largest absolute Gasteiger partial charge is 0.349 e. The zero-order chi connectivity index (χ0) is 13.7. The highest BCUT2D eigenvalue weighted by atomic mass is 35.5. The van der Waals surface area contributed by atoms with Crippen LogP contribution in [-0.2, 0) is 0 Å². The third kappa shape index (κ3) is 1.88. The van der Waals surface area contributed by atoms with Crippen LogP contribution in [0.4, 0.5) is 0 Å². The molecule has 2 bridgehead atoms. The first-order chi connectivity index (χ1) is 9.74. The second-order valence-corrected chi connectivity index (χ2v) is 7.12. The number of benzene rings is 1. The van der Waals surface area contributed by atoms with Crippen molar-refractivity contribution in [3.8, 4) is 0 Å². The van der Waals surface area contributed by atoms with Gasteiger partial charge >= 0.3 is 0 Å². The summed E-state index contributed by atoms with van der Waals surface area (Å²) < 4.78 is 0. The lowest BCUT2D eigenvalue weighted by atomic mass is 9.79. The minimum atomic E-state index is 0.00250. The molecule has 3 heteroatoms. The molecule has 20 heavy (non-hydrogen) atoms. The molecule has 2 nitrogen and oxygen atoms in total. The van der Waals surface area contributed by atoms with Gasteiger partial charge in [-0.15, -0.1) is 0 Å². The van der Waals surface area contributed by atoms with Gasteiger partial charge in [-0.2, -0.15) is 0 Å². The van der Waals surface area contributed by atoms with Gasteiger partial charge in [0.25, 0.3) is 5.91 Å². The Bertz CT molecular complexity index is 544. The number of halogens is 1. The Kier molecular flexibility index (Phi) is 3.03. The quantitative estimate of drug-likeness (QED) is 0.879. The Balaban J connectivity index is 1.48. The molecule has 0 spiro atoms. The molecule has 1 amide bonds. The fourth-order valence-electron chi connectivity index (χ4n) is 5.13. The molecule has 3 aliphatic carbocycles. The summed E-state index contributed by atoms with van der Waals surface area (Å²) in [7, 11) is 0. The fraction of sp³-hybridized carbons (Fsp3) is 0.588. The number of hydrogen-bond donors (Lipinski definition) is 1. The highest BCUT2D eigenvalue weighted by molar-refractivity contribution is 6.33. The van der Waals surface area contributed by atoms with Gasteiger partial charge < -0.3 is 5.32 Å². The van der Waals surface area contributed by atoms with E-state index in [1.807, 2.05) is 18.2 Å². The monoisotopic (exact) mass is 289 g/mol. The molecule has 3 saturated carbocycles. The summed E-state index contributed by atoms with van der Waals surface area (Å²) in [5.41, 5.74) is 0.611. The van der Waals surface area contributed by atoms with Crippen LogP contribution in [0.25, 0.3) is 0 Å². The highest BCUT2D eigenvalue weighted by Gasteiger charge is 2.54. The van der Waals surface area contributed by atoms with E-state index in [1.54, 1.807) is 6.07 Å². The molecule has 1 N–H and O–H groups in total. The lowest BCUT2D eigenvalue weighted by Crippen LogP contribution is -2.42. The zero-order valence-corrected chi connectivity index (χ0v) is 12.3. The number of carbonyl (C=O) groups is 1. The normalized spacial score (nSPS) is 38.0. The van der Waals surface area contributed by atoms with Crippen molar-refractivity contribution < 1.29 is 4.79 Å². The van der Waals surface area contributed by atoms with E-state index in [4.69, 9.17) is 11.6 Å². The van der Waals surface area contributed by atoms with E-state index in [9.17, 15) is 4.79 Å². The maximum absolute atomic E-state index is 12.4. The van der Waals surface area contributed by atoms with E-state index in [1.165, 1.54) is 32.1 Å². The molecule has 1 aromatic carbocycles. The summed E-state index contributed by atoms with van der Waals surface area (Å²) in [6, 6.07) is 7.70. The Labute approximate surface area is 124 Å². The summed E-state index contributed by atoms with van der Waals surface area (Å²) in [6.45, 7) is 0. The van der Waals surface area contributed by atoms with Gasteiger partial charge in [0.2, 0.25) is 0 Å². The van der Waals surface area contributed by atoms with Crippen molar-refractivity contribution in [2.45, 2.75) is 38.1 Å². The molecule has 0 aromatic heterocycles. The van der Waals surface area contributed by atoms with Gasteiger partial charge in [0.15, 0.2) is 0 Å². The Hall–Kier alpha value is -1.02. The van der Waals surface area contributed by atoms with Crippen LogP contribution in [0, 0.1) is 23.7 Å². The Morgan fingerprint density at radius 1 is 1.10 bits per heavy atom. The maximum atomic E-state index is 12.4. The van der Waals surface area contributed by atoms with E-state index >= 15 is 0 Å². The fourth-order valence-corrected chi connectivity index (χ4v) is 5.35. The van der Waals surface area contributed by atoms with Gasteiger partial charge in [-0.3, -0.25) is 4.79 Å². The Morgan fingerprint density at radius 3 is 2.75 bits per heavy atom. The number of amides is 1. The van der Waals surface area contributed by atoms with Crippen molar-refractivity contribution in [3.63, 3.8) is 0 Å². The van der Waals surface area contributed by atoms with Gasteiger partial charge in [-0.25, -0.2) is 0 Å². The summed E-state index contributed by atoms with van der Waals surface area (Å²) >= 11 is 6.11. The van der Waals surface area contributed by atoms with Crippen LogP contribution in [0.3, 0.4) is 0 Å². The summed E-state index contributed by atoms with van der Waals surface area (Å²) in [4.78, 5) is 12.4. The predicted molar refractivity (Wildman–Crippen MR) is 79.8 cm³/mol. The van der Waals surface area contributed by atoms with E-state index in [0.717, 1.165) is 23.7 Å². The van der Waals surface area contributed by atoms with Crippen LogP contribution in [0.15, 0.2) is 24.3 Å². The second-order valence-electron chi connectivity index (χ2n) is 6.71. The predicted octanol–water partition coefficient (Wildman–Crippen LogP) is 3.89. The van der Waals surface area contributed by atoms with Crippen molar-refractivity contribution in [3.05, 3.63) is 34.9 Å². The third-order valence-corrected chi connectivity index (χ3v) is 6.19. The molecule has 4 rings (SSSR count). The first kappa shape index (κ1) is 12.7. The molecule has 0 heterocycles. The molecule has 5 unspecified atom stereocenters. The molecular formula is C17H20ClNO. The smallest absolute Gasteiger partial charge is 0.253 e. The average Bonchev–Trinajstić information content (AvgIpc) is 3.10. The number of hydrogen-bond acceptors (Lipinski definition) is 1. The van der Waals surface area contributed by atoms with Gasteiger partial charge in [0.05, 0.1) is 10.6 Å². The van der Waals surface area contributed by atoms with Gasteiger partial charge in [-0.05, 0) is 61.5 Å². The van der Waals surface area contributed by atoms with Crippen LogP contribution < -0.4 is 5.32 Å². The van der Waals surface area contributed by atoms with E-state index in [2.05, 4.69) is 5.32 Å². The number of rotatable bonds is 2. The first-order valence-corrected chi connectivity index (χ1v) is 8.17. The van der Waals surface area contributed by atoms with Gasteiger partial charge in [0.1, 0.15) is 0 Å². The van der Waals surface area contributed by atoms with E-state index < -0.39 is 0 Å². The van der Waals surface area contributed by atoms with Crippen LogP contribution in [0.1, 0.15) is 42.5 Å². The molecular weight excluding hydrogens is 270 g/mol. The van der Waals surface area contributed by atoms with Crippen molar-refractivity contribution in [2.24, 2.45) is 23.7 Å². The lowest BCUT2D eigenvalue weighted by Gasteiger charge is -2.32. The van der Waals surface area contributed by atoms with Crippen LogP contribution in [0.5, 0.6) is 0 Å². The lowest BCUT2D eigenvalue weighted by molar-refractivity contribution is 0.0901. The molecule has 0 radical (unpaired) electrons. The third-order valence-electron chi connectivity index (χ3n) is 5.86. The molecule has 3 aliphatic rings. The minimum absolute atomic E-state index is 0.00250. The SMILES string of the molecule is O=C(NC1CC2CC1C1CCCC21)c1ccccc1Cl. The van der Waals surface area contributed by atoms with Gasteiger partial charge in [0, 0.05) is 6.04 Å². The highest BCUT2D eigenvalue weighted by Crippen LogP contribution is 2.58. The second kappa shape index (κ2) is 4.77. The van der Waals surface area contributed by atoms with Gasteiger partial charge in [-0.1, -0.05) is 30.2 Å². The van der Waals surface area contributed by atoms with E-state index in [0.29, 0.717) is 16.6 Å². The van der Waals surface area contributed by atoms with Crippen molar-refractivity contribution in [2.75, 3.05) is 0 Å². The molecule has 106 valence electrons. The molecule has 3 fully saturated rings. The number of carbonyl (C=O) groups excluding carboxylic acids is 1. The zero-order valence-electron chi connectivity index (χ0n) is 11.5. The topological polar surface area (TPSA) is 29.1 Å². The molecule has 5 atom stereocenters. The maximum Gasteiger partial charge on any atom is 0.253 e. The number of nitrogens with one attached hydrogen (secondary N) is 1. The molecule has 0 aliphatic heterocycles. The molecule has 1 aromatic rings. The minimum Gasteiger partial charge on any atom is -0.349 e. The first-order valence-electron chi connectivity index (χ1n) is 7.79. The summed E-state index contributed by atoms with van der Waals surface area (Å²) in [5.74, 6) is 3.43.